The van der Waals surface area contributed by atoms with Gasteiger partial charge in [0.05, 0.1) is 8.49 Å². The molecule has 4 nitrogen and oxygen atoms in total. The van der Waals surface area contributed by atoms with Crippen LogP contribution in [0.25, 0.3) is 0 Å². The highest BCUT2D eigenvalue weighted by Gasteiger charge is 2.21. The van der Waals surface area contributed by atoms with E-state index in [1.807, 2.05) is 6.92 Å². The maximum Gasteiger partial charge on any atom is 0.293 e. The van der Waals surface area contributed by atoms with Gasteiger partial charge in [-0.15, -0.1) is 0 Å². The van der Waals surface area contributed by atoms with Gasteiger partial charge in [-0.3, -0.25) is 10.1 Å². The van der Waals surface area contributed by atoms with E-state index in [1.54, 1.807) is 22.6 Å². The van der Waals surface area contributed by atoms with E-state index in [0.29, 0.717) is 5.92 Å². The second-order valence-electron chi connectivity index (χ2n) is 4.55. The number of hydrogen-bond donors (Lipinski definition) is 1. The summed E-state index contributed by atoms with van der Waals surface area (Å²) in [7, 11) is 0. The van der Waals surface area contributed by atoms with E-state index >= 15 is 0 Å². The Morgan fingerprint density at radius 1 is 1.42 bits per heavy atom. The molecule has 1 rings (SSSR count). The summed E-state index contributed by atoms with van der Waals surface area (Å²) in [6, 6.07) is 2.53. The Morgan fingerprint density at radius 3 is 2.47 bits per heavy atom. The maximum absolute atomic E-state index is 13.6. The third kappa shape index (κ3) is 4.02. The SMILES string of the molecule is CCC(CC)C(C)Nc1cc(F)c(I)cc1[N+](=O)[O-]. The number of nitro groups is 1. The Labute approximate surface area is 126 Å². The van der Waals surface area contributed by atoms with Crippen molar-refractivity contribution in [2.45, 2.75) is 39.7 Å². The molecule has 19 heavy (non-hydrogen) atoms. The molecule has 0 aliphatic heterocycles. The van der Waals surface area contributed by atoms with Crippen LogP contribution < -0.4 is 5.32 Å². The van der Waals surface area contributed by atoms with E-state index < -0.39 is 10.7 Å². The van der Waals surface area contributed by atoms with E-state index in [4.69, 9.17) is 0 Å². The molecule has 106 valence electrons. The van der Waals surface area contributed by atoms with E-state index in [1.165, 1.54) is 12.1 Å². The molecule has 0 amide bonds. The molecule has 6 heteroatoms. The van der Waals surface area contributed by atoms with Crippen molar-refractivity contribution in [2.24, 2.45) is 5.92 Å². The Morgan fingerprint density at radius 2 is 2.00 bits per heavy atom. The van der Waals surface area contributed by atoms with Crippen molar-refractivity contribution in [3.63, 3.8) is 0 Å². The second-order valence-corrected chi connectivity index (χ2v) is 5.71. The van der Waals surface area contributed by atoms with Crippen molar-refractivity contribution in [3.8, 4) is 0 Å². The molecule has 0 aliphatic rings. The minimum Gasteiger partial charge on any atom is -0.377 e. The zero-order valence-electron chi connectivity index (χ0n) is 11.2. The minimum absolute atomic E-state index is 0.0631. The van der Waals surface area contributed by atoms with Crippen LogP contribution in [-0.2, 0) is 0 Å². The molecule has 1 N–H and O–H groups in total. The van der Waals surface area contributed by atoms with E-state index in [2.05, 4.69) is 19.2 Å². The zero-order chi connectivity index (χ0) is 14.6. The molecule has 0 heterocycles. The molecule has 1 aromatic rings. The normalized spacial score (nSPS) is 12.5. The Kier molecular flexibility index (Phi) is 5.96. The Balaban J connectivity index is 3.06. The van der Waals surface area contributed by atoms with Gasteiger partial charge >= 0.3 is 0 Å². The third-order valence-electron chi connectivity index (χ3n) is 3.37. The van der Waals surface area contributed by atoms with Gasteiger partial charge in [0, 0.05) is 18.2 Å². The highest BCUT2D eigenvalue weighted by Crippen LogP contribution is 2.30. The van der Waals surface area contributed by atoms with Crippen molar-refractivity contribution >= 4 is 34.0 Å². The lowest BCUT2D eigenvalue weighted by atomic mass is 9.95. The lowest BCUT2D eigenvalue weighted by molar-refractivity contribution is -0.384. The number of hydrogen-bond acceptors (Lipinski definition) is 3. The van der Waals surface area contributed by atoms with Crippen molar-refractivity contribution in [3.05, 3.63) is 31.6 Å². The van der Waals surface area contributed by atoms with Crippen molar-refractivity contribution in [1.29, 1.82) is 0 Å². The van der Waals surface area contributed by atoms with E-state index in [-0.39, 0.29) is 21.0 Å². The van der Waals surface area contributed by atoms with Gasteiger partial charge in [-0.25, -0.2) is 4.39 Å². The number of halogens is 2. The molecule has 0 fully saturated rings. The Bertz CT molecular complexity index is 464. The molecule has 0 aliphatic carbocycles. The highest BCUT2D eigenvalue weighted by molar-refractivity contribution is 14.1. The Hall–Kier alpha value is -0.920. The summed E-state index contributed by atoms with van der Waals surface area (Å²) in [4.78, 5) is 10.5. The van der Waals surface area contributed by atoms with Gasteiger partial charge in [-0.1, -0.05) is 26.7 Å². The van der Waals surface area contributed by atoms with Crippen LogP contribution in [-0.4, -0.2) is 11.0 Å². The summed E-state index contributed by atoms with van der Waals surface area (Å²) >= 11 is 1.75. The number of nitro benzene ring substituents is 1. The van der Waals surface area contributed by atoms with Crippen LogP contribution in [0.4, 0.5) is 15.8 Å². The van der Waals surface area contributed by atoms with E-state index in [9.17, 15) is 14.5 Å². The molecule has 1 atom stereocenters. The quantitative estimate of drug-likeness (QED) is 0.447. The molecule has 0 spiro atoms. The standard InChI is InChI=1S/C13H18FIN2O2/c1-4-9(5-2)8(3)16-12-6-10(14)11(15)7-13(12)17(18)19/h6-9,16H,4-5H2,1-3H3. The molecular weight excluding hydrogens is 362 g/mol. The minimum atomic E-state index is -0.483. The van der Waals surface area contributed by atoms with Crippen LogP contribution in [0, 0.1) is 25.4 Å². The molecule has 0 saturated heterocycles. The smallest absolute Gasteiger partial charge is 0.293 e. The monoisotopic (exact) mass is 380 g/mol. The first kappa shape index (κ1) is 16.1. The van der Waals surface area contributed by atoms with Crippen LogP contribution in [0.5, 0.6) is 0 Å². The predicted molar refractivity (Wildman–Crippen MR) is 82.9 cm³/mol. The number of nitrogens with zero attached hydrogens (tertiary/aromatic N) is 1. The summed E-state index contributed by atoms with van der Waals surface area (Å²) in [5, 5.41) is 14.1. The molecule has 0 radical (unpaired) electrons. The fraction of sp³-hybridized carbons (Fsp3) is 0.538. The van der Waals surface area contributed by atoms with Crippen LogP contribution in [0.1, 0.15) is 33.6 Å². The van der Waals surface area contributed by atoms with Crippen molar-refractivity contribution in [1.82, 2.24) is 0 Å². The molecule has 1 aromatic carbocycles. The number of anilines is 1. The lowest BCUT2D eigenvalue weighted by Crippen LogP contribution is -2.25. The van der Waals surface area contributed by atoms with Gasteiger partial charge in [0.25, 0.3) is 5.69 Å². The van der Waals surface area contributed by atoms with Crippen molar-refractivity contribution < 1.29 is 9.31 Å². The zero-order valence-corrected chi connectivity index (χ0v) is 13.4. The molecule has 0 aromatic heterocycles. The van der Waals surface area contributed by atoms with Gasteiger partial charge in [0.1, 0.15) is 11.5 Å². The summed E-state index contributed by atoms with van der Waals surface area (Å²) in [5.74, 6) is -0.0348. The molecular formula is C13H18FIN2O2. The topological polar surface area (TPSA) is 55.2 Å². The number of benzene rings is 1. The number of nitrogens with one attached hydrogen (secondary N) is 1. The highest BCUT2D eigenvalue weighted by atomic mass is 127. The first-order valence-electron chi connectivity index (χ1n) is 6.30. The van der Waals surface area contributed by atoms with Gasteiger partial charge < -0.3 is 5.32 Å². The lowest BCUT2D eigenvalue weighted by Gasteiger charge is -2.23. The fourth-order valence-electron chi connectivity index (χ4n) is 2.16. The second kappa shape index (κ2) is 7.02. The summed E-state index contributed by atoms with van der Waals surface area (Å²) in [5.41, 5.74) is 0.172. The van der Waals surface area contributed by atoms with Gasteiger partial charge in [-0.05, 0) is 35.4 Å². The van der Waals surface area contributed by atoms with Crippen LogP contribution >= 0.6 is 22.6 Å². The average Bonchev–Trinajstić information content (AvgIpc) is 2.34. The van der Waals surface area contributed by atoms with Gasteiger partial charge in [-0.2, -0.15) is 0 Å². The largest absolute Gasteiger partial charge is 0.377 e. The molecule has 0 bridgehead atoms. The van der Waals surface area contributed by atoms with Crippen molar-refractivity contribution in [2.75, 3.05) is 5.32 Å². The van der Waals surface area contributed by atoms with Gasteiger partial charge in [0.2, 0.25) is 0 Å². The fourth-order valence-corrected chi connectivity index (χ4v) is 2.61. The predicted octanol–water partition coefficient (Wildman–Crippen LogP) is 4.58. The third-order valence-corrected chi connectivity index (χ3v) is 4.20. The van der Waals surface area contributed by atoms with Crippen LogP contribution in [0.2, 0.25) is 0 Å². The molecule has 1 unspecified atom stereocenters. The average molecular weight is 380 g/mol. The van der Waals surface area contributed by atoms with Crippen LogP contribution in [0.3, 0.4) is 0 Å². The summed E-state index contributed by atoms with van der Waals surface area (Å²) < 4.78 is 13.8. The molecule has 0 saturated carbocycles. The van der Waals surface area contributed by atoms with E-state index in [0.717, 1.165) is 12.8 Å². The van der Waals surface area contributed by atoms with Gasteiger partial charge in [0.15, 0.2) is 0 Å². The first-order valence-corrected chi connectivity index (χ1v) is 7.38. The summed E-state index contributed by atoms with van der Waals surface area (Å²) in [6.45, 7) is 6.13. The van der Waals surface area contributed by atoms with Crippen LogP contribution in [0.15, 0.2) is 12.1 Å². The maximum atomic E-state index is 13.6. The first-order chi connectivity index (χ1) is 8.90. The summed E-state index contributed by atoms with van der Waals surface area (Å²) in [6.07, 6.45) is 1.95. The number of rotatable bonds is 6.